The van der Waals surface area contributed by atoms with E-state index in [1.165, 1.54) is 51.8 Å². The molecule has 2 aliphatic heterocycles. The Morgan fingerprint density at radius 1 is 1.31 bits per heavy atom. The predicted molar refractivity (Wildman–Crippen MR) is 101 cm³/mol. The van der Waals surface area contributed by atoms with E-state index in [-0.39, 0.29) is 12.5 Å². The van der Waals surface area contributed by atoms with Crippen LogP contribution in [0.4, 0.5) is 0 Å². The zero-order valence-corrected chi connectivity index (χ0v) is 16.2. The van der Waals surface area contributed by atoms with Crippen LogP contribution in [0.1, 0.15) is 37.6 Å². The van der Waals surface area contributed by atoms with Gasteiger partial charge in [0, 0.05) is 39.8 Å². The highest BCUT2D eigenvalue weighted by atomic mass is 16.5. The Hall–Kier alpha value is -1.44. The van der Waals surface area contributed by atoms with E-state index < -0.39 is 0 Å². The normalized spacial score (nSPS) is 22.0. The lowest BCUT2D eigenvalue weighted by molar-refractivity contribution is -0.124. The zero-order chi connectivity index (χ0) is 18.4. The topological polar surface area (TPSA) is 62.6 Å². The van der Waals surface area contributed by atoms with Gasteiger partial charge in [-0.25, -0.2) is 0 Å². The molecule has 146 valence electrons. The maximum Gasteiger partial charge on any atom is 0.246 e. The number of aryl methyl sites for hydroxylation is 1. The van der Waals surface area contributed by atoms with E-state index >= 15 is 0 Å². The lowest BCUT2D eigenvalue weighted by Crippen LogP contribution is -2.40. The number of aromatic nitrogens is 2. The molecule has 1 aromatic rings. The monoisotopic (exact) mass is 363 g/mol. The quantitative estimate of drug-likeness (QED) is 0.786. The van der Waals surface area contributed by atoms with Crippen LogP contribution in [0.5, 0.6) is 0 Å². The Labute approximate surface area is 156 Å². The predicted octanol–water partition coefficient (Wildman–Crippen LogP) is 1.08. The van der Waals surface area contributed by atoms with Crippen molar-refractivity contribution < 1.29 is 9.53 Å². The summed E-state index contributed by atoms with van der Waals surface area (Å²) in [6.45, 7) is 10.7. The average molecular weight is 364 g/mol. The molecule has 3 heterocycles. The Balaban J connectivity index is 1.54. The second-order valence-electron chi connectivity index (χ2n) is 7.55. The van der Waals surface area contributed by atoms with Gasteiger partial charge < -0.3 is 15.0 Å². The summed E-state index contributed by atoms with van der Waals surface area (Å²) in [6, 6.07) is 2.14. The Morgan fingerprint density at radius 3 is 2.96 bits per heavy atom. The standard InChI is InChI=1S/C19H33N5O2/c1-3-22-7-4-6-16(12-22)13-23-8-5-9-24-18(14-23)10-17(21-24)11-20-19(25)15-26-2/h10,16H,3-9,11-15H2,1-2H3,(H,20,25)/t16-/m1/s1. The van der Waals surface area contributed by atoms with Crippen molar-refractivity contribution >= 4 is 5.91 Å². The molecule has 0 aromatic carbocycles. The molecule has 1 N–H and O–H groups in total. The number of hydrogen-bond acceptors (Lipinski definition) is 5. The number of nitrogens with zero attached hydrogens (tertiary/aromatic N) is 4. The van der Waals surface area contributed by atoms with Crippen molar-refractivity contribution in [1.82, 2.24) is 24.9 Å². The summed E-state index contributed by atoms with van der Waals surface area (Å²) in [5.74, 6) is 0.682. The van der Waals surface area contributed by atoms with Gasteiger partial charge in [0.2, 0.25) is 5.91 Å². The van der Waals surface area contributed by atoms with Crippen molar-refractivity contribution in [3.8, 4) is 0 Å². The Kier molecular flexibility index (Phi) is 7.05. The highest BCUT2D eigenvalue weighted by Gasteiger charge is 2.23. The van der Waals surface area contributed by atoms with E-state index in [0.717, 1.165) is 37.7 Å². The van der Waals surface area contributed by atoms with Gasteiger partial charge >= 0.3 is 0 Å². The van der Waals surface area contributed by atoms with Crippen LogP contribution < -0.4 is 5.32 Å². The number of likely N-dealkylation sites (tertiary alicyclic amines) is 1. The maximum atomic E-state index is 11.6. The number of amides is 1. The van der Waals surface area contributed by atoms with Gasteiger partial charge in [0.1, 0.15) is 6.61 Å². The molecule has 0 saturated carbocycles. The molecule has 26 heavy (non-hydrogen) atoms. The van der Waals surface area contributed by atoms with Gasteiger partial charge in [0.05, 0.1) is 17.9 Å². The molecule has 3 rings (SSSR count). The number of nitrogens with one attached hydrogen (secondary N) is 1. The van der Waals surface area contributed by atoms with E-state index in [1.54, 1.807) is 0 Å². The molecule has 1 amide bonds. The fourth-order valence-electron chi connectivity index (χ4n) is 4.15. The summed E-state index contributed by atoms with van der Waals surface area (Å²) in [7, 11) is 1.53. The third-order valence-corrected chi connectivity index (χ3v) is 5.45. The third-order valence-electron chi connectivity index (χ3n) is 5.45. The summed E-state index contributed by atoms with van der Waals surface area (Å²) < 4.78 is 6.97. The minimum Gasteiger partial charge on any atom is -0.375 e. The van der Waals surface area contributed by atoms with E-state index in [9.17, 15) is 4.79 Å². The van der Waals surface area contributed by atoms with Crippen LogP contribution in [0.3, 0.4) is 0 Å². The van der Waals surface area contributed by atoms with E-state index in [1.807, 2.05) is 0 Å². The second kappa shape index (κ2) is 9.48. The molecule has 1 fully saturated rings. The molecule has 0 spiro atoms. The van der Waals surface area contributed by atoms with Crippen molar-refractivity contribution in [2.24, 2.45) is 5.92 Å². The number of rotatable bonds is 7. The molecule has 2 aliphatic rings. The van der Waals surface area contributed by atoms with Crippen LogP contribution in [0.25, 0.3) is 0 Å². The molecule has 0 radical (unpaired) electrons. The SMILES string of the molecule is CCN1CCC[C@@H](CN2CCCn3nc(CNC(=O)COC)cc3C2)C1. The first-order chi connectivity index (χ1) is 12.7. The lowest BCUT2D eigenvalue weighted by atomic mass is 9.97. The summed E-state index contributed by atoms with van der Waals surface area (Å²) in [4.78, 5) is 16.7. The highest BCUT2D eigenvalue weighted by Crippen LogP contribution is 2.20. The van der Waals surface area contributed by atoms with Crippen molar-refractivity contribution in [3.63, 3.8) is 0 Å². The fraction of sp³-hybridized carbons (Fsp3) is 0.789. The number of methoxy groups -OCH3 is 1. The molecule has 7 heteroatoms. The van der Waals surface area contributed by atoms with Crippen molar-refractivity contribution in [1.29, 1.82) is 0 Å². The number of carbonyl (C=O) groups excluding carboxylic acids is 1. The fourth-order valence-corrected chi connectivity index (χ4v) is 4.15. The van der Waals surface area contributed by atoms with Crippen LogP contribution in [0, 0.1) is 5.92 Å². The van der Waals surface area contributed by atoms with Crippen LogP contribution >= 0.6 is 0 Å². The van der Waals surface area contributed by atoms with Gasteiger partial charge in [0.15, 0.2) is 0 Å². The molecule has 7 nitrogen and oxygen atoms in total. The molecule has 1 aromatic heterocycles. The van der Waals surface area contributed by atoms with Gasteiger partial charge in [-0.3, -0.25) is 14.4 Å². The van der Waals surface area contributed by atoms with Crippen LogP contribution in [0.2, 0.25) is 0 Å². The van der Waals surface area contributed by atoms with E-state index in [4.69, 9.17) is 4.74 Å². The first-order valence-corrected chi connectivity index (χ1v) is 9.94. The van der Waals surface area contributed by atoms with Gasteiger partial charge in [-0.05, 0) is 44.3 Å². The van der Waals surface area contributed by atoms with E-state index in [0.29, 0.717) is 6.54 Å². The molecule has 1 saturated heterocycles. The lowest BCUT2D eigenvalue weighted by Gasteiger charge is -2.34. The number of hydrogen-bond donors (Lipinski definition) is 1. The molecule has 0 unspecified atom stereocenters. The number of piperidine rings is 1. The Morgan fingerprint density at radius 2 is 2.15 bits per heavy atom. The highest BCUT2D eigenvalue weighted by molar-refractivity contribution is 5.77. The molecular formula is C19H33N5O2. The third kappa shape index (κ3) is 5.28. The Bertz CT molecular complexity index is 588. The minimum absolute atomic E-state index is 0.0948. The second-order valence-corrected chi connectivity index (χ2v) is 7.55. The van der Waals surface area contributed by atoms with Crippen LogP contribution in [-0.2, 0) is 29.2 Å². The van der Waals surface area contributed by atoms with Crippen molar-refractivity contribution in [2.75, 3.05) is 46.4 Å². The number of ether oxygens (including phenoxy) is 1. The summed E-state index contributed by atoms with van der Waals surface area (Å²) in [5, 5.41) is 7.53. The van der Waals surface area contributed by atoms with Crippen LogP contribution in [-0.4, -0.2) is 71.9 Å². The molecule has 1 atom stereocenters. The first kappa shape index (κ1) is 19.3. The molecule has 0 aliphatic carbocycles. The van der Waals surface area contributed by atoms with Crippen molar-refractivity contribution in [2.45, 2.75) is 45.8 Å². The summed E-state index contributed by atoms with van der Waals surface area (Å²) in [5.41, 5.74) is 2.20. The number of fused-ring (bicyclic) bond motifs is 1. The van der Waals surface area contributed by atoms with Crippen molar-refractivity contribution in [3.05, 3.63) is 17.5 Å². The first-order valence-electron chi connectivity index (χ1n) is 9.94. The largest absolute Gasteiger partial charge is 0.375 e. The molecule has 0 bridgehead atoms. The van der Waals surface area contributed by atoms with Gasteiger partial charge in [0.25, 0.3) is 0 Å². The van der Waals surface area contributed by atoms with Gasteiger partial charge in [-0.1, -0.05) is 6.92 Å². The van der Waals surface area contributed by atoms with Gasteiger partial charge in [-0.15, -0.1) is 0 Å². The minimum atomic E-state index is -0.102. The zero-order valence-electron chi connectivity index (χ0n) is 16.2. The molecular weight excluding hydrogens is 330 g/mol. The van der Waals surface area contributed by atoms with Crippen LogP contribution in [0.15, 0.2) is 6.07 Å². The average Bonchev–Trinajstić information content (AvgIpc) is 2.92. The summed E-state index contributed by atoms with van der Waals surface area (Å²) in [6.07, 6.45) is 3.81. The summed E-state index contributed by atoms with van der Waals surface area (Å²) >= 11 is 0. The smallest absolute Gasteiger partial charge is 0.246 e. The van der Waals surface area contributed by atoms with Gasteiger partial charge in [-0.2, -0.15) is 5.10 Å². The van der Waals surface area contributed by atoms with E-state index in [2.05, 4.69) is 37.9 Å². The maximum absolute atomic E-state index is 11.6. The number of carbonyl (C=O) groups is 1.